The van der Waals surface area contributed by atoms with Gasteiger partial charge in [-0.2, -0.15) is 12.1 Å². The van der Waals surface area contributed by atoms with E-state index >= 15 is 0 Å². The van der Waals surface area contributed by atoms with Crippen molar-refractivity contribution in [2.45, 2.75) is 26.9 Å². The largest absolute Gasteiger partial charge is 1.00 e. The molecule has 0 aromatic heterocycles. The summed E-state index contributed by atoms with van der Waals surface area (Å²) in [7, 11) is 0. The van der Waals surface area contributed by atoms with Gasteiger partial charge in [0.15, 0.2) is 23.0 Å². The van der Waals surface area contributed by atoms with Crippen LogP contribution in [0, 0.1) is 13.8 Å². The first-order chi connectivity index (χ1) is 25.4. The van der Waals surface area contributed by atoms with Gasteiger partial charge in [0.2, 0.25) is 0 Å². The van der Waals surface area contributed by atoms with E-state index in [1.165, 1.54) is 44.0 Å². The summed E-state index contributed by atoms with van der Waals surface area (Å²) in [6.07, 6.45) is 0. The summed E-state index contributed by atoms with van der Waals surface area (Å²) < 4.78 is 12.2. The van der Waals surface area contributed by atoms with Crippen LogP contribution in [0.5, 0.6) is 23.0 Å². The number of benzene rings is 6. The van der Waals surface area contributed by atoms with E-state index in [0.29, 0.717) is 0 Å². The fraction of sp³-hybridized carbons (Fsp3) is 0.0870. The van der Waals surface area contributed by atoms with Crippen molar-refractivity contribution in [3.05, 3.63) is 169 Å². The molecule has 8 aromatic rings. The number of ether oxygens (including phenoxy) is 2. The molecular weight excluding hydrogens is 803 g/mol. The number of hydrogen-bond donors (Lipinski definition) is 0. The van der Waals surface area contributed by atoms with Crippen LogP contribution < -0.4 is 44.1 Å². The normalized spacial score (nSPS) is 11.7. The van der Waals surface area contributed by atoms with Crippen LogP contribution in [0.3, 0.4) is 0 Å². The topological polar surface area (TPSA) is 24.9 Å². The van der Waals surface area contributed by atoms with Crippen molar-refractivity contribution in [1.82, 2.24) is 0 Å². The molecule has 0 atom stereocenters. The van der Waals surface area contributed by atoms with E-state index in [9.17, 15) is 0 Å². The Morgan fingerprint density at radius 3 is 1.04 bits per heavy atom. The Morgan fingerprint density at radius 2 is 0.722 bits per heavy atom. The van der Waals surface area contributed by atoms with Gasteiger partial charge in [0.25, 0.3) is 0 Å². The van der Waals surface area contributed by atoms with Gasteiger partial charge in [0, 0.05) is 11.4 Å². The fourth-order valence-electron chi connectivity index (χ4n) is 7.05. The van der Waals surface area contributed by atoms with Crippen LogP contribution in [0.1, 0.15) is 11.1 Å². The third-order valence-corrected chi connectivity index (χ3v) is 9.09. The molecule has 4 nitrogen and oxygen atoms in total. The Morgan fingerprint density at radius 1 is 0.444 bits per heavy atom. The van der Waals surface area contributed by atoms with E-state index in [1.807, 2.05) is 48.5 Å². The molecule has 0 saturated heterocycles. The zero-order chi connectivity index (χ0) is 35.8. The van der Waals surface area contributed by atoms with Crippen molar-refractivity contribution >= 4 is 61.1 Å². The molecule has 2 aliphatic heterocycles. The Balaban J connectivity index is 0.000000162. The van der Waals surface area contributed by atoms with Crippen LogP contribution >= 0.6 is 0 Å². The Kier molecular flexibility index (Phi) is 12.2. The predicted molar refractivity (Wildman–Crippen MR) is 216 cm³/mol. The molecule has 0 spiro atoms. The summed E-state index contributed by atoms with van der Waals surface area (Å²) in [5.74, 6) is 3.54. The first-order valence-electron chi connectivity index (χ1n) is 17.5. The minimum Gasteiger partial charge on any atom is -1.00 e. The molecule has 2 aliphatic rings. The van der Waals surface area contributed by atoms with Crippen molar-refractivity contribution in [3.63, 3.8) is 0 Å². The third-order valence-electron chi connectivity index (χ3n) is 9.09. The van der Waals surface area contributed by atoms with Crippen LogP contribution in [0.15, 0.2) is 158 Å². The van der Waals surface area contributed by atoms with Gasteiger partial charge in [-0.05, 0) is 48.5 Å². The molecule has 10 rings (SSSR count). The maximum Gasteiger partial charge on any atom is 0.151 e. The van der Waals surface area contributed by atoms with Crippen molar-refractivity contribution in [2.75, 3.05) is 9.80 Å². The first-order valence-corrected chi connectivity index (χ1v) is 23.7. The van der Waals surface area contributed by atoms with Crippen LogP contribution in [0.4, 0.5) is 34.1 Å². The molecule has 0 amide bonds. The summed E-state index contributed by atoms with van der Waals surface area (Å²) in [4.78, 5) is 4.60. The predicted octanol–water partition coefficient (Wildman–Crippen LogP) is 7.68. The Labute approximate surface area is 344 Å². The minimum absolute atomic E-state index is 0. The second kappa shape index (κ2) is 16.8. The van der Waals surface area contributed by atoms with Gasteiger partial charge in [-0.15, -0.1) is 69.1 Å². The van der Waals surface area contributed by atoms with Crippen LogP contribution in [0.2, 0.25) is 13.1 Å². The zero-order valence-electron chi connectivity index (χ0n) is 30.5. The van der Waals surface area contributed by atoms with Gasteiger partial charge in [0.05, 0.1) is 22.7 Å². The molecular formula is C46H38Cl2N2O2SiZr-2. The number of anilines is 6. The smallest absolute Gasteiger partial charge is 0.151 e. The molecule has 0 saturated carbocycles. The van der Waals surface area contributed by atoms with E-state index < -0.39 is 0 Å². The van der Waals surface area contributed by atoms with Crippen LogP contribution in [-0.2, 0) is 23.3 Å². The number of aryl methyl sites for hydroxylation is 2. The molecule has 8 heteroatoms. The van der Waals surface area contributed by atoms with Gasteiger partial charge in [-0.25, -0.2) is 0 Å². The van der Waals surface area contributed by atoms with E-state index in [-0.39, 0.29) is 30.2 Å². The zero-order valence-corrected chi connectivity index (χ0v) is 35.4. The summed E-state index contributed by atoms with van der Waals surface area (Å²) in [6.45, 7) is 8.90. The average Bonchev–Trinajstić information content (AvgIpc) is 3.74. The van der Waals surface area contributed by atoms with E-state index in [2.05, 4.69) is 146 Å². The van der Waals surface area contributed by atoms with E-state index in [0.717, 1.165) is 45.7 Å². The summed E-state index contributed by atoms with van der Waals surface area (Å²) in [5.41, 5.74) is 9.43. The molecule has 0 aliphatic carbocycles. The Bertz CT molecular complexity index is 2330. The van der Waals surface area contributed by atoms with Crippen LogP contribution in [-0.4, -0.2) is 5.43 Å². The van der Waals surface area contributed by atoms with Gasteiger partial charge in [-0.1, -0.05) is 74.5 Å². The number of para-hydroxylation sites is 8. The molecule has 0 radical (unpaired) electrons. The fourth-order valence-corrected chi connectivity index (χ4v) is 7.05. The quantitative estimate of drug-likeness (QED) is 0.132. The SMILES string of the molecule is C[Si](C)=[Zr+2].Cc1cc2c(N3c4ccccc4Oc4ccccc43)cccc2[cH-]1.Cc1cc2c(N3c4ccccc4Oc4ccccc43)cccc2[cH-]1.[Cl-].[Cl-]. The van der Waals surface area contributed by atoms with Gasteiger partial charge in [-0.3, -0.25) is 0 Å². The standard InChI is InChI=1S/2C22H16NO.C2H6Si.2ClH.Zr/c2*1-15-13-16-7-6-10-18(17(16)14-15)23-19-8-2-4-11-21(19)24-22-12-5-3-9-20(22)23;1-3-2;;;/h2*2-14H,1H3;1-2H3;2*1H;/q2*-1;;;;+2/p-2. The second-order valence-electron chi connectivity index (χ2n) is 13.4. The molecule has 0 bridgehead atoms. The first kappa shape index (κ1) is 39.1. The number of nitrogens with zero attached hydrogens (tertiary/aromatic N) is 2. The van der Waals surface area contributed by atoms with E-state index in [1.54, 1.807) is 23.3 Å². The number of halogens is 2. The van der Waals surface area contributed by atoms with Gasteiger partial charge in [0.1, 0.15) is 0 Å². The number of rotatable bonds is 2. The summed E-state index contributed by atoms with van der Waals surface area (Å²) in [5, 5.41) is 5.07. The maximum absolute atomic E-state index is 6.10. The number of hydrogen-bond acceptors (Lipinski definition) is 4. The number of fused-ring (bicyclic) bond motifs is 6. The minimum atomic E-state index is 0. The van der Waals surface area contributed by atoms with Crippen molar-refractivity contribution in [2.24, 2.45) is 0 Å². The molecule has 2 heterocycles. The molecule has 268 valence electrons. The maximum atomic E-state index is 6.10. The van der Waals surface area contributed by atoms with Crippen molar-refractivity contribution in [3.8, 4) is 23.0 Å². The Hall–Kier alpha value is -4.58. The molecule has 0 N–H and O–H groups in total. The molecule has 0 fully saturated rings. The van der Waals surface area contributed by atoms with Gasteiger partial charge < -0.3 is 44.1 Å². The molecule has 0 unspecified atom stereocenters. The average molecular weight is 841 g/mol. The summed E-state index contributed by atoms with van der Waals surface area (Å²) >= 11 is 1.74. The second-order valence-corrected chi connectivity index (χ2v) is 22.7. The van der Waals surface area contributed by atoms with Gasteiger partial charge >= 0.3 is 41.9 Å². The van der Waals surface area contributed by atoms with Crippen molar-refractivity contribution in [1.29, 1.82) is 0 Å². The van der Waals surface area contributed by atoms with Crippen molar-refractivity contribution < 1.29 is 57.6 Å². The molecule has 54 heavy (non-hydrogen) atoms. The molecule has 8 aromatic carbocycles. The monoisotopic (exact) mass is 838 g/mol. The third kappa shape index (κ3) is 7.67. The van der Waals surface area contributed by atoms with E-state index in [4.69, 9.17) is 9.47 Å². The summed E-state index contributed by atoms with van der Waals surface area (Å²) in [6, 6.07) is 54.7. The van der Waals surface area contributed by atoms with Crippen LogP contribution in [0.25, 0.3) is 21.5 Å².